The lowest BCUT2D eigenvalue weighted by Gasteiger charge is -1.72. The molecule has 38 valence electrons. The summed E-state index contributed by atoms with van der Waals surface area (Å²) in [5, 5.41) is 0. The van der Waals surface area contributed by atoms with E-state index in [9.17, 15) is 4.79 Å². The zero-order valence-corrected chi connectivity index (χ0v) is 4.13. The number of carbonyl (C=O) groups is 1. The van der Waals surface area contributed by atoms with Gasteiger partial charge in [0.15, 0.2) is 0 Å². The van der Waals surface area contributed by atoms with Crippen molar-refractivity contribution in [3.05, 3.63) is 12.7 Å². The second kappa shape index (κ2) is 1.49. The average Bonchev–Trinajstić information content (AvgIpc) is 2.43. The van der Waals surface area contributed by atoms with Crippen LogP contribution in [0.4, 0.5) is 0 Å². The molecular formula is C6H8O. The molecule has 1 nitrogen and oxygen atoms in total. The molecule has 0 N–H and O–H groups in total. The van der Waals surface area contributed by atoms with E-state index < -0.39 is 0 Å². The van der Waals surface area contributed by atoms with Crippen molar-refractivity contribution in [2.24, 2.45) is 11.8 Å². The van der Waals surface area contributed by atoms with Crippen molar-refractivity contribution in [1.29, 1.82) is 0 Å². The number of carbonyl (C=O) groups excluding carboxylic acids is 1. The molecule has 2 atom stereocenters. The summed E-state index contributed by atoms with van der Waals surface area (Å²) in [6.07, 6.45) is 3.89. The quantitative estimate of drug-likeness (QED) is 0.370. The molecule has 1 aliphatic carbocycles. The van der Waals surface area contributed by atoms with Crippen molar-refractivity contribution in [1.82, 2.24) is 0 Å². The summed E-state index contributed by atoms with van der Waals surface area (Å²) in [5.41, 5.74) is 0. The number of hydrogen-bond donors (Lipinski definition) is 0. The second-order valence-corrected chi connectivity index (χ2v) is 1.94. The van der Waals surface area contributed by atoms with E-state index in [1.54, 1.807) is 0 Å². The van der Waals surface area contributed by atoms with Crippen LogP contribution in [0, 0.1) is 11.8 Å². The van der Waals surface area contributed by atoms with Gasteiger partial charge in [-0.1, -0.05) is 6.08 Å². The smallest absolute Gasteiger partial charge is 0.123 e. The van der Waals surface area contributed by atoms with Crippen LogP contribution in [-0.2, 0) is 4.79 Å². The molecule has 0 aromatic carbocycles. The predicted molar refractivity (Wildman–Crippen MR) is 27.9 cm³/mol. The van der Waals surface area contributed by atoms with E-state index in [2.05, 4.69) is 6.58 Å². The molecule has 0 unspecified atom stereocenters. The van der Waals surface area contributed by atoms with E-state index in [0.717, 1.165) is 12.7 Å². The molecule has 1 saturated carbocycles. The largest absolute Gasteiger partial charge is 0.303 e. The predicted octanol–water partition coefficient (Wildman–Crippen LogP) is 1.01. The summed E-state index contributed by atoms with van der Waals surface area (Å²) in [6.45, 7) is 3.56. The maximum atomic E-state index is 9.89. The Balaban J connectivity index is 2.30. The van der Waals surface area contributed by atoms with Crippen molar-refractivity contribution in [3.63, 3.8) is 0 Å². The topological polar surface area (TPSA) is 17.1 Å². The summed E-state index contributed by atoms with van der Waals surface area (Å²) >= 11 is 0. The number of hydrogen-bond acceptors (Lipinski definition) is 1. The number of allylic oxidation sites excluding steroid dienone is 1. The van der Waals surface area contributed by atoms with E-state index in [-0.39, 0.29) is 0 Å². The van der Waals surface area contributed by atoms with Crippen molar-refractivity contribution in [2.75, 3.05) is 0 Å². The molecule has 1 heteroatoms. The molecule has 0 bridgehead atoms. The van der Waals surface area contributed by atoms with Gasteiger partial charge in [-0.3, -0.25) is 0 Å². The van der Waals surface area contributed by atoms with Gasteiger partial charge in [-0.25, -0.2) is 0 Å². The van der Waals surface area contributed by atoms with Crippen molar-refractivity contribution in [2.45, 2.75) is 6.42 Å². The van der Waals surface area contributed by atoms with E-state index in [1.165, 1.54) is 0 Å². The van der Waals surface area contributed by atoms with Crippen LogP contribution in [-0.4, -0.2) is 6.29 Å². The molecule has 0 saturated heterocycles. The average molecular weight is 96.1 g/mol. The highest BCUT2D eigenvalue weighted by atomic mass is 16.1. The minimum Gasteiger partial charge on any atom is -0.303 e. The lowest BCUT2D eigenvalue weighted by molar-refractivity contribution is -0.109. The maximum Gasteiger partial charge on any atom is 0.123 e. The summed E-state index contributed by atoms with van der Waals surface area (Å²) in [5.74, 6) is 0.829. The van der Waals surface area contributed by atoms with Crippen LogP contribution in [0.25, 0.3) is 0 Å². The Bertz CT molecular complexity index is 84.4. The Kier molecular flexibility index (Phi) is 0.970. The standard InChI is InChI=1S/C6H8O/c1-2-5-3-6(5)4-7/h2,4-6H,1,3H2/t5-,6+/m0/s1. The van der Waals surface area contributed by atoms with Crippen LogP contribution < -0.4 is 0 Å². The summed E-state index contributed by atoms with van der Waals surface area (Å²) in [6, 6.07) is 0. The van der Waals surface area contributed by atoms with Crippen molar-refractivity contribution in [3.8, 4) is 0 Å². The first-order valence-electron chi connectivity index (χ1n) is 2.46. The third-order valence-corrected chi connectivity index (χ3v) is 1.37. The summed E-state index contributed by atoms with van der Waals surface area (Å²) < 4.78 is 0. The van der Waals surface area contributed by atoms with Gasteiger partial charge in [0.25, 0.3) is 0 Å². The lowest BCUT2D eigenvalue weighted by atomic mass is 10.3. The van der Waals surface area contributed by atoms with Crippen molar-refractivity contribution < 1.29 is 4.79 Å². The van der Waals surface area contributed by atoms with Gasteiger partial charge < -0.3 is 4.79 Å². The Morgan fingerprint density at radius 2 is 2.29 bits per heavy atom. The molecule has 0 aliphatic heterocycles. The normalized spacial score (nSPS) is 37.1. The summed E-state index contributed by atoms with van der Waals surface area (Å²) in [7, 11) is 0. The fourth-order valence-corrected chi connectivity index (χ4v) is 0.663. The zero-order chi connectivity index (χ0) is 5.28. The third-order valence-electron chi connectivity index (χ3n) is 1.37. The number of aldehydes is 1. The first-order valence-corrected chi connectivity index (χ1v) is 2.46. The van der Waals surface area contributed by atoms with Gasteiger partial charge >= 0.3 is 0 Å². The van der Waals surface area contributed by atoms with Crippen LogP contribution in [0.2, 0.25) is 0 Å². The van der Waals surface area contributed by atoms with Gasteiger partial charge in [0.05, 0.1) is 0 Å². The molecule has 0 aromatic heterocycles. The molecule has 0 amide bonds. The minimum absolute atomic E-state index is 0.317. The SMILES string of the molecule is C=C[C@H]1C[C@@H]1C=O. The monoisotopic (exact) mass is 96.1 g/mol. The van der Waals surface area contributed by atoms with E-state index in [1.807, 2.05) is 6.08 Å². The van der Waals surface area contributed by atoms with E-state index >= 15 is 0 Å². The Morgan fingerprint density at radius 3 is 2.43 bits per heavy atom. The molecule has 0 radical (unpaired) electrons. The molecule has 1 aliphatic rings. The first kappa shape index (κ1) is 4.57. The maximum absolute atomic E-state index is 9.89. The van der Waals surface area contributed by atoms with Gasteiger partial charge in [-0.05, 0) is 12.3 Å². The van der Waals surface area contributed by atoms with Gasteiger partial charge in [0.2, 0.25) is 0 Å². The van der Waals surface area contributed by atoms with Gasteiger partial charge in [0, 0.05) is 5.92 Å². The zero-order valence-electron chi connectivity index (χ0n) is 4.13. The van der Waals surface area contributed by atoms with Crippen LogP contribution in [0.3, 0.4) is 0 Å². The van der Waals surface area contributed by atoms with Gasteiger partial charge in [-0.15, -0.1) is 6.58 Å². The highest BCUT2D eigenvalue weighted by Gasteiger charge is 2.33. The highest BCUT2D eigenvalue weighted by Crippen LogP contribution is 2.36. The number of rotatable bonds is 2. The van der Waals surface area contributed by atoms with E-state index in [0.29, 0.717) is 11.8 Å². The fourth-order valence-electron chi connectivity index (χ4n) is 0.663. The second-order valence-electron chi connectivity index (χ2n) is 1.94. The Morgan fingerprint density at radius 1 is 1.57 bits per heavy atom. The lowest BCUT2D eigenvalue weighted by Crippen LogP contribution is -1.75. The Labute approximate surface area is 43.0 Å². The van der Waals surface area contributed by atoms with Crippen LogP contribution in [0.1, 0.15) is 6.42 Å². The third kappa shape index (κ3) is 0.710. The Hall–Kier alpha value is -0.590. The molecular weight excluding hydrogens is 88.1 g/mol. The van der Waals surface area contributed by atoms with Gasteiger partial charge in [0.1, 0.15) is 6.29 Å². The van der Waals surface area contributed by atoms with E-state index in [4.69, 9.17) is 0 Å². The fraction of sp³-hybridized carbons (Fsp3) is 0.500. The van der Waals surface area contributed by atoms with Crippen LogP contribution in [0.15, 0.2) is 12.7 Å². The highest BCUT2D eigenvalue weighted by molar-refractivity contribution is 5.58. The van der Waals surface area contributed by atoms with Crippen molar-refractivity contribution >= 4 is 6.29 Å². The first-order chi connectivity index (χ1) is 3.38. The van der Waals surface area contributed by atoms with Crippen LogP contribution >= 0.6 is 0 Å². The summed E-state index contributed by atoms with van der Waals surface area (Å²) in [4.78, 5) is 9.89. The molecule has 7 heavy (non-hydrogen) atoms. The molecule has 1 fully saturated rings. The van der Waals surface area contributed by atoms with Crippen LogP contribution in [0.5, 0.6) is 0 Å². The minimum atomic E-state index is 0.317. The molecule has 1 rings (SSSR count). The molecule has 0 aromatic rings. The molecule has 0 heterocycles. The molecule has 0 spiro atoms. The van der Waals surface area contributed by atoms with Gasteiger partial charge in [-0.2, -0.15) is 0 Å².